The van der Waals surface area contributed by atoms with Gasteiger partial charge in [-0.25, -0.2) is 13.6 Å². The van der Waals surface area contributed by atoms with Crippen molar-refractivity contribution in [1.82, 2.24) is 5.32 Å². The van der Waals surface area contributed by atoms with Crippen molar-refractivity contribution < 1.29 is 23.5 Å². The van der Waals surface area contributed by atoms with E-state index >= 15 is 0 Å². The van der Waals surface area contributed by atoms with Gasteiger partial charge in [0.15, 0.2) is 0 Å². The van der Waals surface area contributed by atoms with Crippen molar-refractivity contribution >= 4 is 40.9 Å². The number of anilines is 1. The molecule has 5 nitrogen and oxygen atoms in total. The van der Waals surface area contributed by atoms with Crippen LogP contribution < -0.4 is 10.6 Å². The zero-order valence-electron chi connectivity index (χ0n) is 14.6. The van der Waals surface area contributed by atoms with Crippen LogP contribution in [0.15, 0.2) is 36.4 Å². The van der Waals surface area contributed by atoms with Crippen LogP contribution in [0.25, 0.3) is 0 Å². The number of nitrogens with one attached hydrogen (secondary N) is 2. The number of carbonyl (C=O) groups excluding carboxylic acids is 1. The van der Waals surface area contributed by atoms with Gasteiger partial charge in [0.2, 0.25) is 0 Å². The first-order valence-corrected chi connectivity index (χ1v) is 9.19. The quantitative estimate of drug-likeness (QED) is 0.534. The summed E-state index contributed by atoms with van der Waals surface area (Å²) in [6.07, 6.45) is 0.528. The van der Waals surface area contributed by atoms with E-state index in [-0.39, 0.29) is 47.0 Å². The fraction of sp³-hybridized carbons (Fsp3) is 0.263. The van der Waals surface area contributed by atoms with Gasteiger partial charge in [-0.2, -0.15) is 0 Å². The van der Waals surface area contributed by atoms with E-state index in [2.05, 4.69) is 10.6 Å². The number of carboxylic acid groups (broad SMARTS) is 1. The van der Waals surface area contributed by atoms with Gasteiger partial charge < -0.3 is 15.7 Å². The molecule has 0 bridgehead atoms. The van der Waals surface area contributed by atoms with Crippen molar-refractivity contribution in [3.05, 3.63) is 63.6 Å². The van der Waals surface area contributed by atoms with E-state index < -0.39 is 29.7 Å². The Morgan fingerprint density at radius 1 is 1.11 bits per heavy atom. The summed E-state index contributed by atoms with van der Waals surface area (Å²) in [6.45, 7) is 0. The number of amides is 2. The first-order chi connectivity index (χ1) is 13.3. The van der Waals surface area contributed by atoms with Crippen molar-refractivity contribution in [3.63, 3.8) is 0 Å². The monoisotopic (exact) mass is 430 g/mol. The van der Waals surface area contributed by atoms with E-state index in [0.717, 1.165) is 12.1 Å². The second-order valence-corrected chi connectivity index (χ2v) is 6.93. The highest BCUT2D eigenvalue weighted by Crippen LogP contribution is 2.29. The SMILES string of the molecule is O=C(O)CCCC(Cc1ccc(F)cc1F)NC(=O)Nc1c(Cl)cccc1Cl. The molecule has 2 aromatic carbocycles. The molecule has 1 atom stereocenters. The molecular weight excluding hydrogens is 413 g/mol. The molecule has 2 aromatic rings. The second-order valence-electron chi connectivity index (χ2n) is 6.12. The average molecular weight is 431 g/mol. The Labute approximate surface area is 170 Å². The van der Waals surface area contributed by atoms with Crippen LogP contribution in [0.4, 0.5) is 19.3 Å². The van der Waals surface area contributed by atoms with Gasteiger partial charge in [0, 0.05) is 18.5 Å². The average Bonchev–Trinajstić information content (AvgIpc) is 2.60. The van der Waals surface area contributed by atoms with Crippen LogP contribution in [-0.2, 0) is 11.2 Å². The van der Waals surface area contributed by atoms with Crippen LogP contribution in [0.3, 0.4) is 0 Å². The lowest BCUT2D eigenvalue weighted by molar-refractivity contribution is -0.137. The molecule has 0 spiro atoms. The van der Waals surface area contributed by atoms with E-state index in [0.29, 0.717) is 0 Å². The first-order valence-electron chi connectivity index (χ1n) is 8.43. The minimum absolute atomic E-state index is 0.0649. The Morgan fingerprint density at radius 3 is 2.39 bits per heavy atom. The summed E-state index contributed by atoms with van der Waals surface area (Å²) < 4.78 is 27.0. The third-order valence-electron chi connectivity index (χ3n) is 3.96. The molecule has 0 aliphatic heterocycles. The molecule has 3 N–H and O–H groups in total. The van der Waals surface area contributed by atoms with Crippen LogP contribution >= 0.6 is 23.2 Å². The number of carboxylic acids is 1. The van der Waals surface area contributed by atoms with Gasteiger partial charge in [-0.05, 0) is 43.0 Å². The lowest BCUT2D eigenvalue weighted by Gasteiger charge is -2.20. The summed E-state index contributed by atoms with van der Waals surface area (Å²) in [6, 6.07) is 6.70. The van der Waals surface area contributed by atoms with Gasteiger partial charge >= 0.3 is 12.0 Å². The van der Waals surface area contributed by atoms with Crippen LogP contribution in [-0.4, -0.2) is 23.1 Å². The van der Waals surface area contributed by atoms with Crippen molar-refractivity contribution in [2.24, 2.45) is 0 Å². The molecular formula is C19H18Cl2F2N2O3. The maximum absolute atomic E-state index is 14.0. The number of aliphatic carboxylic acids is 1. The highest BCUT2D eigenvalue weighted by Gasteiger charge is 2.18. The van der Waals surface area contributed by atoms with E-state index in [9.17, 15) is 18.4 Å². The molecule has 0 radical (unpaired) electrons. The highest BCUT2D eigenvalue weighted by molar-refractivity contribution is 6.39. The lowest BCUT2D eigenvalue weighted by Crippen LogP contribution is -2.39. The van der Waals surface area contributed by atoms with Gasteiger partial charge in [-0.1, -0.05) is 35.3 Å². The minimum Gasteiger partial charge on any atom is -0.481 e. The van der Waals surface area contributed by atoms with Crippen molar-refractivity contribution in [2.45, 2.75) is 31.7 Å². The Bertz CT molecular complexity index is 845. The lowest BCUT2D eigenvalue weighted by atomic mass is 10.0. The summed E-state index contributed by atoms with van der Waals surface area (Å²) in [5.41, 5.74) is 0.429. The molecule has 1 unspecified atom stereocenters. The molecule has 2 amide bonds. The van der Waals surface area contributed by atoms with Crippen molar-refractivity contribution in [1.29, 1.82) is 0 Å². The molecule has 0 fully saturated rings. The fourth-order valence-corrected chi connectivity index (χ4v) is 3.12. The molecule has 0 aliphatic carbocycles. The largest absolute Gasteiger partial charge is 0.481 e. The summed E-state index contributed by atoms with van der Waals surface area (Å²) in [4.78, 5) is 23.1. The molecule has 28 heavy (non-hydrogen) atoms. The Morgan fingerprint density at radius 2 is 1.79 bits per heavy atom. The second kappa shape index (κ2) is 10.2. The zero-order valence-corrected chi connectivity index (χ0v) is 16.2. The molecule has 0 heterocycles. The van der Waals surface area contributed by atoms with Crippen LogP contribution in [0, 0.1) is 11.6 Å². The maximum atomic E-state index is 14.0. The van der Waals surface area contributed by atoms with Crippen molar-refractivity contribution in [2.75, 3.05) is 5.32 Å². The summed E-state index contributed by atoms with van der Waals surface area (Å²) in [5.74, 6) is -2.42. The van der Waals surface area contributed by atoms with Gasteiger partial charge in [-0.15, -0.1) is 0 Å². The molecule has 150 valence electrons. The standard InChI is InChI=1S/C19H18Cl2F2N2O3/c20-14-4-2-5-15(21)18(14)25-19(28)24-13(3-1-6-17(26)27)9-11-7-8-12(22)10-16(11)23/h2,4-5,7-8,10,13H,1,3,6,9H2,(H,26,27)(H2,24,25,28). The number of carbonyl (C=O) groups is 2. The Hall–Kier alpha value is -2.38. The summed E-state index contributed by atoms with van der Waals surface area (Å²) in [5, 5.41) is 14.5. The van der Waals surface area contributed by atoms with Gasteiger partial charge in [-0.3, -0.25) is 4.79 Å². The molecule has 0 saturated heterocycles. The predicted molar refractivity (Wildman–Crippen MR) is 104 cm³/mol. The molecule has 0 aliphatic rings. The number of para-hydroxylation sites is 1. The smallest absolute Gasteiger partial charge is 0.319 e. The zero-order chi connectivity index (χ0) is 20.7. The minimum atomic E-state index is -0.973. The first kappa shape index (κ1) is 21.9. The maximum Gasteiger partial charge on any atom is 0.319 e. The Kier molecular flexibility index (Phi) is 8.02. The van der Waals surface area contributed by atoms with Crippen LogP contribution in [0.2, 0.25) is 10.0 Å². The van der Waals surface area contributed by atoms with E-state index in [1.54, 1.807) is 18.2 Å². The van der Waals surface area contributed by atoms with E-state index in [4.69, 9.17) is 28.3 Å². The summed E-state index contributed by atoms with van der Waals surface area (Å²) in [7, 11) is 0. The van der Waals surface area contributed by atoms with Gasteiger partial charge in [0.25, 0.3) is 0 Å². The number of benzene rings is 2. The van der Waals surface area contributed by atoms with Crippen LogP contribution in [0.1, 0.15) is 24.8 Å². The molecule has 0 aromatic heterocycles. The summed E-state index contributed by atoms with van der Waals surface area (Å²) >= 11 is 12.0. The highest BCUT2D eigenvalue weighted by atomic mass is 35.5. The predicted octanol–water partition coefficient (Wildman–Crippen LogP) is 5.26. The van der Waals surface area contributed by atoms with Gasteiger partial charge in [0.05, 0.1) is 15.7 Å². The number of rotatable bonds is 8. The molecule has 2 rings (SSSR count). The van der Waals surface area contributed by atoms with Gasteiger partial charge in [0.1, 0.15) is 11.6 Å². The van der Waals surface area contributed by atoms with Crippen molar-refractivity contribution in [3.8, 4) is 0 Å². The molecule has 0 saturated carbocycles. The third-order valence-corrected chi connectivity index (χ3v) is 4.59. The fourth-order valence-electron chi connectivity index (χ4n) is 2.63. The van der Waals surface area contributed by atoms with E-state index in [1.165, 1.54) is 6.07 Å². The number of halogens is 4. The van der Waals surface area contributed by atoms with Crippen LogP contribution in [0.5, 0.6) is 0 Å². The van der Waals surface area contributed by atoms with E-state index in [1.807, 2.05) is 0 Å². The number of hydrogen-bond acceptors (Lipinski definition) is 2. The topological polar surface area (TPSA) is 78.4 Å². The third kappa shape index (κ3) is 6.65. The number of hydrogen-bond donors (Lipinski definition) is 3. The molecule has 9 heteroatoms. The Balaban J connectivity index is 2.09. The normalized spacial score (nSPS) is 11.7. The number of urea groups is 1.